The van der Waals surface area contributed by atoms with Gasteiger partial charge in [-0.05, 0) is 56.9 Å². The van der Waals surface area contributed by atoms with Crippen LogP contribution in [0.15, 0.2) is 49.6 Å². The van der Waals surface area contributed by atoms with Crippen LogP contribution in [0.4, 0.5) is 5.69 Å². The minimum Gasteiger partial charge on any atom is -0.497 e. The van der Waals surface area contributed by atoms with Crippen LogP contribution in [-0.2, 0) is 23.9 Å². The van der Waals surface area contributed by atoms with E-state index in [1.54, 1.807) is 47.3 Å². The van der Waals surface area contributed by atoms with Crippen LogP contribution in [0.2, 0.25) is 0 Å². The molecule has 3 aliphatic rings. The van der Waals surface area contributed by atoms with Crippen molar-refractivity contribution in [2.45, 2.75) is 49.9 Å². The number of fused-ring (bicyclic) bond motifs is 1. The third kappa shape index (κ3) is 4.44. The van der Waals surface area contributed by atoms with Gasteiger partial charge in [-0.15, -0.1) is 6.58 Å². The summed E-state index contributed by atoms with van der Waals surface area (Å²) in [5, 5.41) is 9.33. The number of aliphatic hydroxyl groups is 1. The number of unbranched alkanes of at least 4 members (excludes halogenated alkanes) is 1. The van der Waals surface area contributed by atoms with E-state index in [1.807, 2.05) is 6.92 Å². The first-order valence-corrected chi connectivity index (χ1v) is 12.7. The zero-order valence-electron chi connectivity index (χ0n) is 21.6. The molecular formula is C28H36N2O7. The lowest BCUT2D eigenvalue weighted by atomic mass is 9.66. The molecule has 9 nitrogen and oxygen atoms in total. The molecule has 1 N–H and O–H groups in total. The van der Waals surface area contributed by atoms with Crippen LogP contribution < -0.4 is 9.64 Å². The maximum absolute atomic E-state index is 14.4. The summed E-state index contributed by atoms with van der Waals surface area (Å²) in [6, 6.07) is 6.17. The second-order valence-electron chi connectivity index (χ2n) is 10.0. The fourth-order valence-electron chi connectivity index (χ4n) is 6.29. The van der Waals surface area contributed by atoms with Gasteiger partial charge in [0.2, 0.25) is 5.91 Å². The summed E-state index contributed by atoms with van der Waals surface area (Å²) in [5.74, 6) is -2.08. The van der Waals surface area contributed by atoms with Gasteiger partial charge in [-0.3, -0.25) is 14.4 Å². The monoisotopic (exact) mass is 512 g/mol. The molecular weight excluding hydrogens is 476 g/mol. The van der Waals surface area contributed by atoms with E-state index >= 15 is 0 Å². The highest BCUT2D eigenvalue weighted by Gasteiger charge is 2.78. The molecule has 3 saturated heterocycles. The van der Waals surface area contributed by atoms with E-state index in [9.17, 15) is 19.5 Å². The van der Waals surface area contributed by atoms with Crippen LogP contribution in [0.3, 0.4) is 0 Å². The Bertz CT molecular complexity index is 1060. The van der Waals surface area contributed by atoms with Gasteiger partial charge in [0.25, 0.3) is 5.91 Å². The summed E-state index contributed by atoms with van der Waals surface area (Å²) in [6.45, 7) is 9.76. The first-order valence-electron chi connectivity index (χ1n) is 12.7. The predicted molar refractivity (Wildman–Crippen MR) is 137 cm³/mol. The molecule has 5 atom stereocenters. The van der Waals surface area contributed by atoms with Gasteiger partial charge >= 0.3 is 5.97 Å². The highest BCUT2D eigenvalue weighted by atomic mass is 16.6. The molecule has 2 unspecified atom stereocenters. The fraction of sp³-hybridized carbons (Fsp3) is 0.536. The van der Waals surface area contributed by atoms with Crippen LogP contribution >= 0.6 is 0 Å². The summed E-state index contributed by atoms with van der Waals surface area (Å²) in [7, 11) is 1.57. The van der Waals surface area contributed by atoms with Gasteiger partial charge in [0.15, 0.2) is 0 Å². The van der Waals surface area contributed by atoms with E-state index in [-0.39, 0.29) is 38.1 Å². The van der Waals surface area contributed by atoms with Crippen molar-refractivity contribution in [2.24, 2.45) is 11.8 Å². The van der Waals surface area contributed by atoms with Crippen LogP contribution in [0, 0.1) is 11.8 Å². The van der Waals surface area contributed by atoms with Crippen LogP contribution in [0.5, 0.6) is 5.75 Å². The van der Waals surface area contributed by atoms with Crippen molar-refractivity contribution in [3.8, 4) is 5.75 Å². The third-order valence-electron chi connectivity index (χ3n) is 7.88. The van der Waals surface area contributed by atoms with Crippen LogP contribution in [0.1, 0.15) is 32.6 Å². The Labute approximate surface area is 217 Å². The van der Waals surface area contributed by atoms with E-state index in [0.717, 1.165) is 0 Å². The van der Waals surface area contributed by atoms with Gasteiger partial charge in [0, 0.05) is 25.4 Å². The maximum Gasteiger partial charge on any atom is 0.313 e. The Hall–Kier alpha value is -3.17. The highest BCUT2D eigenvalue weighted by molar-refractivity contribution is 6.04. The second-order valence-corrected chi connectivity index (χ2v) is 10.0. The zero-order chi connectivity index (χ0) is 26.8. The molecule has 2 amide bonds. The largest absolute Gasteiger partial charge is 0.497 e. The Morgan fingerprint density at radius 2 is 1.95 bits per heavy atom. The zero-order valence-corrected chi connectivity index (χ0v) is 21.6. The Morgan fingerprint density at radius 3 is 2.57 bits per heavy atom. The molecule has 0 saturated carbocycles. The number of aliphatic hydroxyl groups excluding tert-OH is 1. The van der Waals surface area contributed by atoms with Crippen molar-refractivity contribution in [3.63, 3.8) is 0 Å². The molecule has 37 heavy (non-hydrogen) atoms. The van der Waals surface area contributed by atoms with E-state index in [0.29, 0.717) is 37.1 Å². The smallest absolute Gasteiger partial charge is 0.313 e. The standard InChI is InChI=1S/C28H36N2O7/c1-5-15-29(19-9-11-20(35-4)12-10-19)25(33)23-28-14-13-27(3,37-28)22(26(34)36-18-6-2)21(28)24(32)30(23)16-7-8-17-31/h5-6,9-12,21-23,31H,1-2,7-8,13-18H2,3-4H3/t21-,22-,23?,27+,28?/m0/s1. The molecule has 200 valence electrons. The summed E-state index contributed by atoms with van der Waals surface area (Å²) in [6.07, 6.45) is 5.12. The second kappa shape index (κ2) is 10.7. The number of carbonyl (C=O) groups is 3. The Balaban J connectivity index is 1.75. The topological polar surface area (TPSA) is 106 Å². The lowest BCUT2D eigenvalue weighted by Crippen LogP contribution is -2.56. The van der Waals surface area contributed by atoms with Crippen molar-refractivity contribution in [1.82, 2.24) is 4.90 Å². The van der Waals surface area contributed by atoms with Crippen molar-refractivity contribution in [2.75, 3.05) is 38.3 Å². The highest BCUT2D eigenvalue weighted by Crippen LogP contribution is 2.63. The molecule has 1 aromatic carbocycles. The van der Waals surface area contributed by atoms with Crippen molar-refractivity contribution in [3.05, 3.63) is 49.6 Å². The number of hydrogen-bond donors (Lipinski definition) is 1. The SMILES string of the molecule is C=CCOC(=O)[C@@H]1[C@H]2C(=O)N(CCCCO)C(C(=O)N(CC=C)c3ccc(OC)cc3)C23CC[C@@]1(C)O3. The Morgan fingerprint density at radius 1 is 1.22 bits per heavy atom. The minimum atomic E-state index is -1.15. The van der Waals surface area contributed by atoms with E-state index < -0.39 is 35.0 Å². The minimum absolute atomic E-state index is 0.0191. The first-order chi connectivity index (χ1) is 17.8. The van der Waals surface area contributed by atoms with E-state index in [4.69, 9.17) is 14.2 Å². The number of benzene rings is 1. The molecule has 9 heteroatoms. The third-order valence-corrected chi connectivity index (χ3v) is 7.88. The number of ether oxygens (including phenoxy) is 3. The Kier molecular flexibility index (Phi) is 7.75. The first kappa shape index (κ1) is 26.9. The number of carbonyl (C=O) groups excluding carboxylic acids is 3. The molecule has 1 aromatic rings. The van der Waals surface area contributed by atoms with Crippen molar-refractivity contribution >= 4 is 23.5 Å². The number of anilines is 1. The summed E-state index contributed by atoms with van der Waals surface area (Å²) in [5.41, 5.74) is -1.42. The van der Waals surface area contributed by atoms with Gasteiger partial charge in [-0.1, -0.05) is 18.7 Å². The van der Waals surface area contributed by atoms with Crippen molar-refractivity contribution in [1.29, 1.82) is 0 Å². The van der Waals surface area contributed by atoms with Gasteiger partial charge in [-0.25, -0.2) is 0 Å². The average molecular weight is 513 g/mol. The van der Waals surface area contributed by atoms with E-state index in [2.05, 4.69) is 13.2 Å². The van der Waals surface area contributed by atoms with Crippen LogP contribution in [0.25, 0.3) is 0 Å². The predicted octanol–water partition coefficient (Wildman–Crippen LogP) is 2.48. The number of likely N-dealkylation sites (tertiary alicyclic amines) is 1. The molecule has 0 aromatic heterocycles. The van der Waals surface area contributed by atoms with Gasteiger partial charge in [0.1, 0.15) is 29.9 Å². The van der Waals surface area contributed by atoms with Crippen LogP contribution in [-0.4, -0.2) is 78.4 Å². The molecule has 1 spiro atoms. The number of esters is 1. The number of hydrogen-bond acceptors (Lipinski definition) is 7. The number of nitrogens with zero attached hydrogens (tertiary/aromatic N) is 2. The summed E-state index contributed by atoms with van der Waals surface area (Å²) in [4.78, 5) is 44.6. The van der Waals surface area contributed by atoms with Gasteiger partial charge in [0.05, 0.1) is 18.6 Å². The lowest BCUT2D eigenvalue weighted by Gasteiger charge is -2.36. The summed E-state index contributed by atoms with van der Waals surface area (Å²) < 4.78 is 17.2. The maximum atomic E-state index is 14.4. The quantitative estimate of drug-likeness (QED) is 0.261. The molecule has 3 fully saturated rings. The summed E-state index contributed by atoms with van der Waals surface area (Å²) >= 11 is 0. The van der Waals surface area contributed by atoms with Gasteiger partial charge in [-0.2, -0.15) is 0 Å². The molecule has 4 rings (SSSR count). The molecule has 0 radical (unpaired) electrons. The molecule has 3 heterocycles. The lowest BCUT2D eigenvalue weighted by molar-refractivity contribution is -0.158. The molecule has 2 bridgehead atoms. The average Bonchev–Trinajstić information content (AvgIpc) is 3.46. The number of methoxy groups -OCH3 is 1. The molecule has 3 aliphatic heterocycles. The van der Waals surface area contributed by atoms with Gasteiger partial charge < -0.3 is 29.1 Å². The molecule has 0 aliphatic carbocycles. The number of amides is 2. The number of rotatable bonds is 12. The normalized spacial score (nSPS) is 29.6. The van der Waals surface area contributed by atoms with E-state index in [1.165, 1.54) is 6.08 Å². The van der Waals surface area contributed by atoms with Crippen molar-refractivity contribution < 1.29 is 33.7 Å². The fourth-order valence-corrected chi connectivity index (χ4v) is 6.29.